The molecule has 0 rings (SSSR count). The second kappa shape index (κ2) is 8.18. The van der Waals surface area contributed by atoms with Crippen molar-refractivity contribution in [3.8, 4) is 0 Å². The number of carbonyl (C=O) groups excluding carboxylic acids is 2. The molecule has 0 atom stereocenters. The molecule has 0 aliphatic carbocycles. The lowest BCUT2D eigenvalue weighted by Crippen LogP contribution is -2.54. The summed E-state index contributed by atoms with van der Waals surface area (Å²) >= 11 is 0. The van der Waals surface area contributed by atoms with E-state index in [9.17, 15) is 22.8 Å². The van der Waals surface area contributed by atoms with Crippen molar-refractivity contribution < 1.29 is 22.8 Å². The second-order valence-electron chi connectivity index (χ2n) is 5.62. The zero-order chi connectivity index (χ0) is 16.8. The summed E-state index contributed by atoms with van der Waals surface area (Å²) in [5, 5.41) is 1.20. The average Bonchev–Trinajstić information content (AvgIpc) is 2.23. The van der Waals surface area contributed by atoms with Crippen LogP contribution in [-0.2, 0) is 9.59 Å². The molecule has 21 heavy (non-hydrogen) atoms. The first-order valence-corrected chi connectivity index (χ1v) is 6.57. The highest BCUT2D eigenvalue weighted by atomic mass is 19.4. The maximum absolute atomic E-state index is 12.4. The second-order valence-corrected chi connectivity index (χ2v) is 5.62. The van der Waals surface area contributed by atoms with Gasteiger partial charge in [0, 0.05) is 13.1 Å². The van der Waals surface area contributed by atoms with E-state index in [1.54, 1.807) is 13.8 Å². The van der Waals surface area contributed by atoms with Crippen LogP contribution >= 0.6 is 0 Å². The van der Waals surface area contributed by atoms with Gasteiger partial charge in [-0.2, -0.15) is 19.0 Å². The Morgan fingerprint density at radius 3 is 1.95 bits per heavy atom. The molecule has 0 aromatic rings. The fraction of sp³-hybridized carbons (Fsp3) is 0.833. The number of nitrogens with one attached hydrogen (secondary N) is 2. The summed E-state index contributed by atoms with van der Waals surface area (Å²) in [6.07, 6.45) is -5.05. The molecule has 0 aromatic heterocycles. The van der Waals surface area contributed by atoms with E-state index in [1.807, 2.05) is 19.3 Å². The first kappa shape index (κ1) is 19.7. The fourth-order valence-corrected chi connectivity index (χ4v) is 1.56. The number of hydrogen-bond donors (Lipinski definition) is 1. The number of amides is 2. The van der Waals surface area contributed by atoms with E-state index in [2.05, 4.69) is 0 Å². The smallest absolute Gasteiger partial charge is 0.272 e. The number of hydrogen-bond acceptors (Lipinski definition) is 3. The van der Waals surface area contributed by atoms with Crippen molar-refractivity contribution >= 4 is 11.8 Å². The maximum atomic E-state index is 12.4. The molecule has 1 radical (unpaired) electrons. The highest BCUT2D eigenvalue weighted by molar-refractivity contribution is 5.86. The summed E-state index contributed by atoms with van der Waals surface area (Å²) in [5.74, 6) is 4.43. The van der Waals surface area contributed by atoms with Crippen LogP contribution in [0.4, 0.5) is 13.2 Å². The molecule has 2 amide bonds. The van der Waals surface area contributed by atoms with E-state index in [0.29, 0.717) is 6.54 Å². The zero-order valence-corrected chi connectivity index (χ0v) is 12.6. The van der Waals surface area contributed by atoms with Crippen LogP contribution in [0.3, 0.4) is 0 Å². The molecule has 0 unspecified atom stereocenters. The predicted octanol–water partition coefficient (Wildman–Crippen LogP) is 1.22. The summed E-state index contributed by atoms with van der Waals surface area (Å²) in [6.45, 7) is 6.57. The van der Waals surface area contributed by atoms with Gasteiger partial charge in [0.05, 0.1) is 6.54 Å². The topological polar surface area (TPSA) is 76.5 Å². The van der Waals surface area contributed by atoms with Crippen LogP contribution < -0.4 is 11.3 Å². The first-order chi connectivity index (χ1) is 9.43. The Hall–Kier alpha value is -1.35. The third-order valence-electron chi connectivity index (χ3n) is 2.22. The van der Waals surface area contributed by atoms with Crippen LogP contribution in [0.2, 0.25) is 0 Å². The lowest BCUT2D eigenvalue weighted by Gasteiger charge is -2.26. The van der Waals surface area contributed by atoms with Gasteiger partial charge in [0.1, 0.15) is 0 Å². The number of halogens is 3. The van der Waals surface area contributed by atoms with Crippen LogP contribution in [0.15, 0.2) is 0 Å². The van der Waals surface area contributed by atoms with Crippen LogP contribution in [-0.4, -0.2) is 47.6 Å². The van der Waals surface area contributed by atoms with Gasteiger partial charge < -0.3 is 0 Å². The monoisotopic (exact) mass is 311 g/mol. The molecule has 0 aliphatic heterocycles. The summed E-state index contributed by atoms with van der Waals surface area (Å²) in [6, 6.07) is 0. The van der Waals surface area contributed by atoms with E-state index < -0.39 is 24.5 Å². The van der Waals surface area contributed by atoms with E-state index in [0.717, 1.165) is 5.01 Å². The van der Waals surface area contributed by atoms with E-state index in [4.69, 9.17) is 5.84 Å². The molecular formula is C12H22F3N4O2. The third-order valence-corrected chi connectivity index (χ3v) is 2.22. The predicted molar refractivity (Wildman–Crippen MR) is 70.3 cm³/mol. The molecule has 123 valence electrons. The van der Waals surface area contributed by atoms with Gasteiger partial charge in [-0.25, -0.2) is 10.0 Å². The number of alkyl halides is 3. The minimum absolute atomic E-state index is 0.138. The van der Waals surface area contributed by atoms with Crippen LogP contribution in [0.5, 0.6) is 0 Å². The number of carbonyl (C=O) groups is 2. The summed E-state index contributed by atoms with van der Waals surface area (Å²) in [7, 11) is 0. The molecule has 9 heteroatoms. The molecule has 0 saturated carbocycles. The molecule has 0 saturated heterocycles. The van der Waals surface area contributed by atoms with Crippen molar-refractivity contribution in [2.24, 2.45) is 11.8 Å². The summed E-state index contributed by atoms with van der Waals surface area (Å²) in [5.41, 5.74) is 1.92. The van der Waals surface area contributed by atoms with E-state index in [1.165, 1.54) is 0 Å². The molecule has 0 heterocycles. The first-order valence-electron chi connectivity index (χ1n) is 6.57. The number of hydrazine groups is 1. The lowest BCUT2D eigenvalue weighted by molar-refractivity contribution is -0.190. The fourth-order valence-electron chi connectivity index (χ4n) is 1.56. The van der Waals surface area contributed by atoms with Crippen LogP contribution in [0, 0.1) is 11.8 Å². The van der Waals surface area contributed by atoms with Crippen LogP contribution in [0.1, 0.15) is 27.7 Å². The molecule has 0 aliphatic rings. The maximum Gasteiger partial charge on any atom is 0.473 e. The normalized spacial score (nSPS) is 12.1. The SMILES string of the molecule is CC(C)CN([NH])CC(=O)NN(CC(C)C)C(=O)C(F)(F)F. The summed E-state index contributed by atoms with van der Waals surface area (Å²) < 4.78 is 37.3. The highest BCUT2D eigenvalue weighted by Gasteiger charge is 2.43. The quantitative estimate of drug-likeness (QED) is 0.749. The Morgan fingerprint density at radius 2 is 1.57 bits per heavy atom. The average molecular weight is 311 g/mol. The Kier molecular flexibility index (Phi) is 7.65. The van der Waals surface area contributed by atoms with Gasteiger partial charge in [-0.1, -0.05) is 27.7 Å². The molecule has 0 aromatic carbocycles. The molecule has 2 N–H and O–H groups in total. The molecule has 0 spiro atoms. The Balaban J connectivity index is 4.67. The van der Waals surface area contributed by atoms with Gasteiger partial charge in [0.15, 0.2) is 0 Å². The molecule has 0 bridgehead atoms. The van der Waals surface area contributed by atoms with Crippen molar-refractivity contribution in [2.45, 2.75) is 33.9 Å². The van der Waals surface area contributed by atoms with E-state index in [-0.39, 0.29) is 23.4 Å². The van der Waals surface area contributed by atoms with Crippen molar-refractivity contribution in [3.63, 3.8) is 0 Å². The van der Waals surface area contributed by atoms with Crippen molar-refractivity contribution in [3.05, 3.63) is 0 Å². The zero-order valence-electron chi connectivity index (χ0n) is 12.6. The van der Waals surface area contributed by atoms with E-state index >= 15 is 0 Å². The number of rotatable bonds is 6. The minimum Gasteiger partial charge on any atom is -0.272 e. The van der Waals surface area contributed by atoms with Gasteiger partial charge >= 0.3 is 12.1 Å². The molecule has 6 nitrogen and oxygen atoms in total. The standard InChI is InChI=1S/C12H22F3N4O2/c1-8(2)5-18(16)7-10(20)17-19(6-9(3)4)11(21)12(13,14)15/h8-9,16H,5-7H2,1-4H3,(H,17,20). The largest absolute Gasteiger partial charge is 0.473 e. The van der Waals surface area contributed by atoms with Crippen LogP contribution in [0.25, 0.3) is 0 Å². The van der Waals surface area contributed by atoms with Crippen molar-refractivity contribution in [2.75, 3.05) is 19.6 Å². The highest BCUT2D eigenvalue weighted by Crippen LogP contribution is 2.18. The Labute approximate surface area is 122 Å². The molecule has 0 fully saturated rings. The van der Waals surface area contributed by atoms with Gasteiger partial charge in [-0.3, -0.25) is 15.0 Å². The number of nitrogens with zero attached hydrogens (tertiary/aromatic N) is 2. The Morgan fingerprint density at radius 1 is 1.10 bits per heavy atom. The van der Waals surface area contributed by atoms with Gasteiger partial charge in [-0.05, 0) is 11.8 Å². The van der Waals surface area contributed by atoms with Crippen molar-refractivity contribution in [1.82, 2.24) is 21.3 Å². The van der Waals surface area contributed by atoms with Gasteiger partial charge in [0.2, 0.25) is 0 Å². The lowest BCUT2D eigenvalue weighted by atomic mass is 10.2. The Bertz CT molecular complexity index is 359. The summed E-state index contributed by atoms with van der Waals surface area (Å²) in [4.78, 5) is 22.8. The van der Waals surface area contributed by atoms with Gasteiger partial charge in [0.25, 0.3) is 5.91 Å². The minimum atomic E-state index is -5.05. The molecular weight excluding hydrogens is 289 g/mol. The third kappa shape index (κ3) is 8.51. The van der Waals surface area contributed by atoms with Crippen molar-refractivity contribution in [1.29, 1.82) is 0 Å². The van der Waals surface area contributed by atoms with Gasteiger partial charge in [-0.15, -0.1) is 0 Å².